The Labute approximate surface area is 123 Å². The first-order chi connectivity index (χ1) is 9.54. The van der Waals surface area contributed by atoms with Gasteiger partial charge in [-0.2, -0.15) is 0 Å². The highest BCUT2D eigenvalue weighted by Crippen LogP contribution is 2.20. The first-order valence-corrected chi connectivity index (χ1v) is 6.60. The average Bonchev–Trinajstić information content (AvgIpc) is 2.35. The van der Waals surface area contributed by atoms with E-state index in [0.717, 1.165) is 0 Å². The molecule has 3 N–H and O–H groups in total. The second-order valence-corrected chi connectivity index (χ2v) is 5.77. The van der Waals surface area contributed by atoms with E-state index in [9.17, 15) is 19.1 Å². The summed E-state index contributed by atoms with van der Waals surface area (Å²) in [6.45, 7) is 5.92. The number of nitrogens with one attached hydrogen (secondary N) is 2. The van der Waals surface area contributed by atoms with Gasteiger partial charge >= 0.3 is 0 Å². The van der Waals surface area contributed by atoms with Gasteiger partial charge in [0.05, 0.1) is 6.54 Å². The van der Waals surface area contributed by atoms with Crippen molar-refractivity contribution in [3.8, 4) is 0 Å². The van der Waals surface area contributed by atoms with Crippen LogP contribution in [0.25, 0.3) is 0 Å². The first kappa shape index (κ1) is 17.1. The van der Waals surface area contributed by atoms with Crippen LogP contribution >= 0.6 is 0 Å². The van der Waals surface area contributed by atoms with Crippen molar-refractivity contribution in [1.82, 2.24) is 10.6 Å². The highest BCUT2D eigenvalue weighted by Gasteiger charge is 2.31. The summed E-state index contributed by atoms with van der Waals surface area (Å²) in [5.41, 5.74) is -1.93. The predicted octanol–water partition coefficient (Wildman–Crippen LogP) is 1.06. The van der Waals surface area contributed by atoms with E-state index in [1.165, 1.54) is 38.1 Å². The van der Waals surface area contributed by atoms with Gasteiger partial charge in [-0.15, -0.1) is 0 Å². The van der Waals surface area contributed by atoms with Gasteiger partial charge in [0.2, 0.25) is 11.8 Å². The Bertz CT molecular complexity index is 524. The van der Waals surface area contributed by atoms with Crippen LogP contribution in [0.1, 0.15) is 33.3 Å². The Morgan fingerprint density at radius 2 is 1.71 bits per heavy atom. The van der Waals surface area contributed by atoms with E-state index >= 15 is 0 Å². The Hall–Kier alpha value is -1.95. The quantitative estimate of drug-likeness (QED) is 0.760. The van der Waals surface area contributed by atoms with Crippen molar-refractivity contribution in [2.24, 2.45) is 0 Å². The molecule has 1 atom stereocenters. The minimum Gasteiger partial charge on any atom is -0.384 e. The Kier molecular flexibility index (Phi) is 5.06. The molecule has 5 nitrogen and oxygen atoms in total. The molecule has 6 heteroatoms. The lowest BCUT2D eigenvalue weighted by Crippen LogP contribution is -2.56. The van der Waals surface area contributed by atoms with Crippen molar-refractivity contribution in [1.29, 1.82) is 0 Å². The lowest BCUT2D eigenvalue weighted by atomic mass is 9.95. The molecule has 2 amide bonds. The SMILES string of the molecule is CC(=O)NC(C)(C)C(=O)NCC(C)(O)c1ccc(F)cc1. The van der Waals surface area contributed by atoms with Crippen LogP contribution in [0.3, 0.4) is 0 Å². The predicted molar refractivity (Wildman–Crippen MR) is 76.9 cm³/mol. The van der Waals surface area contributed by atoms with Crippen LogP contribution in [0.15, 0.2) is 24.3 Å². The highest BCUT2D eigenvalue weighted by molar-refractivity contribution is 5.90. The maximum atomic E-state index is 12.9. The lowest BCUT2D eigenvalue weighted by molar-refractivity contribution is -0.132. The van der Waals surface area contributed by atoms with Crippen molar-refractivity contribution >= 4 is 11.8 Å². The number of carbonyl (C=O) groups is 2. The zero-order valence-electron chi connectivity index (χ0n) is 12.7. The molecule has 0 radical (unpaired) electrons. The molecular formula is C15H21FN2O3. The molecule has 0 aromatic heterocycles. The second-order valence-electron chi connectivity index (χ2n) is 5.77. The molecule has 1 rings (SSSR count). The molecule has 0 spiro atoms. The Morgan fingerprint density at radius 3 is 2.19 bits per heavy atom. The maximum Gasteiger partial charge on any atom is 0.245 e. The third-order valence-electron chi connectivity index (χ3n) is 3.12. The Balaban J connectivity index is 2.70. The summed E-state index contributed by atoms with van der Waals surface area (Å²) in [6.07, 6.45) is 0. The van der Waals surface area contributed by atoms with Crippen LogP contribution in [0.4, 0.5) is 4.39 Å². The smallest absolute Gasteiger partial charge is 0.245 e. The van der Waals surface area contributed by atoms with Gasteiger partial charge < -0.3 is 15.7 Å². The van der Waals surface area contributed by atoms with Gasteiger partial charge in [-0.3, -0.25) is 9.59 Å². The van der Waals surface area contributed by atoms with E-state index in [4.69, 9.17) is 0 Å². The fourth-order valence-corrected chi connectivity index (χ4v) is 1.88. The van der Waals surface area contributed by atoms with E-state index in [0.29, 0.717) is 5.56 Å². The number of aliphatic hydroxyl groups is 1. The number of amides is 2. The van der Waals surface area contributed by atoms with Crippen molar-refractivity contribution in [2.75, 3.05) is 6.54 Å². The van der Waals surface area contributed by atoms with Crippen molar-refractivity contribution < 1.29 is 19.1 Å². The number of carbonyl (C=O) groups excluding carboxylic acids is 2. The van der Waals surface area contributed by atoms with Crippen LogP contribution in [0.2, 0.25) is 0 Å². The summed E-state index contributed by atoms with van der Waals surface area (Å²) in [5.74, 6) is -1.13. The van der Waals surface area contributed by atoms with Crippen LogP contribution in [0.5, 0.6) is 0 Å². The number of hydrogen-bond donors (Lipinski definition) is 3. The third kappa shape index (κ3) is 4.82. The lowest BCUT2D eigenvalue weighted by Gasteiger charge is -2.29. The second kappa shape index (κ2) is 6.22. The molecule has 1 unspecified atom stereocenters. The fraction of sp³-hybridized carbons (Fsp3) is 0.467. The van der Waals surface area contributed by atoms with Gasteiger partial charge in [-0.1, -0.05) is 12.1 Å². The molecule has 0 aliphatic heterocycles. The van der Waals surface area contributed by atoms with Gasteiger partial charge in [0, 0.05) is 6.92 Å². The molecule has 1 aromatic rings. The summed E-state index contributed by atoms with van der Waals surface area (Å²) in [4.78, 5) is 23.1. The van der Waals surface area contributed by atoms with Crippen LogP contribution in [-0.4, -0.2) is 29.0 Å². The van der Waals surface area contributed by atoms with Crippen molar-refractivity contribution in [3.63, 3.8) is 0 Å². The van der Waals surface area contributed by atoms with E-state index in [-0.39, 0.29) is 12.5 Å². The van der Waals surface area contributed by atoms with E-state index < -0.39 is 22.9 Å². The van der Waals surface area contributed by atoms with Gasteiger partial charge in [0.1, 0.15) is 17.0 Å². The van der Waals surface area contributed by atoms with E-state index in [1.807, 2.05) is 0 Å². The van der Waals surface area contributed by atoms with Crippen molar-refractivity contribution in [2.45, 2.75) is 38.8 Å². The molecule has 0 bridgehead atoms. The van der Waals surface area contributed by atoms with Gasteiger partial charge in [0.15, 0.2) is 0 Å². The molecule has 0 aliphatic carbocycles. The standard InChI is InChI=1S/C15H21FN2O3/c1-10(19)18-14(2,3)13(20)17-9-15(4,21)11-5-7-12(16)8-6-11/h5-8,21H,9H2,1-4H3,(H,17,20)(H,18,19). The van der Waals surface area contributed by atoms with Crippen molar-refractivity contribution in [3.05, 3.63) is 35.6 Å². The van der Waals surface area contributed by atoms with Gasteiger partial charge in [-0.05, 0) is 38.5 Å². The molecule has 0 heterocycles. The molecule has 0 fully saturated rings. The molecule has 21 heavy (non-hydrogen) atoms. The minimum absolute atomic E-state index is 0.0551. The van der Waals surface area contributed by atoms with E-state index in [1.54, 1.807) is 13.8 Å². The molecule has 0 saturated heterocycles. The summed E-state index contributed by atoms with van der Waals surface area (Å²) in [6, 6.07) is 5.40. The number of benzene rings is 1. The number of hydrogen-bond acceptors (Lipinski definition) is 3. The normalized spacial score (nSPS) is 14.2. The van der Waals surface area contributed by atoms with Crippen LogP contribution < -0.4 is 10.6 Å². The highest BCUT2D eigenvalue weighted by atomic mass is 19.1. The van der Waals surface area contributed by atoms with E-state index in [2.05, 4.69) is 10.6 Å². The van der Waals surface area contributed by atoms with Crippen LogP contribution in [-0.2, 0) is 15.2 Å². The number of halogens is 1. The van der Waals surface area contributed by atoms with Gasteiger partial charge in [-0.25, -0.2) is 4.39 Å². The molecule has 116 valence electrons. The summed E-state index contributed by atoms with van der Waals surface area (Å²) >= 11 is 0. The monoisotopic (exact) mass is 296 g/mol. The van der Waals surface area contributed by atoms with Gasteiger partial charge in [0.25, 0.3) is 0 Å². The molecule has 1 aromatic carbocycles. The molecular weight excluding hydrogens is 275 g/mol. The average molecular weight is 296 g/mol. The topological polar surface area (TPSA) is 78.4 Å². The number of rotatable bonds is 5. The summed E-state index contributed by atoms with van der Waals surface area (Å²) < 4.78 is 12.9. The zero-order chi connectivity index (χ0) is 16.3. The third-order valence-corrected chi connectivity index (χ3v) is 3.12. The first-order valence-electron chi connectivity index (χ1n) is 6.60. The summed E-state index contributed by atoms with van der Waals surface area (Å²) in [5, 5.41) is 15.5. The fourth-order valence-electron chi connectivity index (χ4n) is 1.88. The molecule has 0 saturated carbocycles. The summed E-state index contributed by atoms with van der Waals surface area (Å²) in [7, 11) is 0. The maximum absolute atomic E-state index is 12.9. The zero-order valence-corrected chi connectivity index (χ0v) is 12.7. The minimum atomic E-state index is -1.34. The largest absolute Gasteiger partial charge is 0.384 e. The molecule has 0 aliphatic rings. The Morgan fingerprint density at radius 1 is 1.19 bits per heavy atom. The van der Waals surface area contributed by atoms with Crippen LogP contribution in [0, 0.1) is 5.82 Å².